The molecule has 0 heterocycles. The molecule has 9 heteroatoms. The van der Waals surface area contributed by atoms with Crippen LogP contribution in [-0.4, -0.2) is 37.9 Å². The largest absolute Gasteiger partial charge is 0.573 e. The molecule has 4 nitrogen and oxygen atoms in total. The fourth-order valence-electron chi connectivity index (χ4n) is 1.70. The number of hydrogen-bond acceptors (Lipinski definition) is 3. The summed E-state index contributed by atoms with van der Waals surface area (Å²) in [4.78, 5) is 4.03. The van der Waals surface area contributed by atoms with Crippen molar-refractivity contribution in [2.24, 2.45) is 4.99 Å². The lowest BCUT2D eigenvalue weighted by molar-refractivity contribution is -0.274. The van der Waals surface area contributed by atoms with E-state index >= 15 is 0 Å². The highest BCUT2D eigenvalue weighted by molar-refractivity contribution is 14.0. The Morgan fingerprint density at radius 2 is 1.96 bits per heavy atom. The molecule has 1 aromatic carbocycles. The molecule has 23 heavy (non-hydrogen) atoms. The summed E-state index contributed by atoms with van der Waals surface area (Å²) in [6.45, 7) is 0.940. The summed E-state index contributed by atoms with van der Waals surface area (Å²) in [5, 5.41) is 6.08. The quantitative estimate of drug-likeness (QED) is 0.281. The third-order valence-corrected chi connectivity index (χ3v) is 3.38. The summed E-state index contributed by atoms with van der Waals surface area (Å²) in [7, 11) is 1.61. The van der Waals surface area contributed by atoms with Gasteiger partial charge < -0.3 is 15.4 Å². The third-order valence-electron chi connectivity index (χ3n) is 2.69. The molecule has 0 radical (unpaired) electrons. The summed E-state index contributed by atoms with van der Waals surface area (Å²) in [5.41, 5.74) is 0.409. The summed E-state index contributed by atoms with van der Waals surface area (Å²) in [6, 6.07) is 6.03. The second-order valence-corrected chi connectivity index (χ2v) is 5.34. The van der Waals surface area contributed by atoms with Crippen LogP contribution in [0.5, 0.6) is 5.75 Å². The van der Waals surface area contributed by atoms with Gasteiger partial charge in [-0.15, -0.1) is 37.1 Å². The highest BCUT2D eigenvalue weighted by Crippen LogP contribution is 2.25. The van der Waals surface area contributed by atoms with Gasteiger partial charge in [-0.25, -0.2) is 0 Å². The zero-order chi connectivity index (χ0) is 16.4. The molecule has 132 valence electrons. The van der Waals surface area contributed by atoms with E-state index < -0.39 is 6.36 Å². The molecule has 0 saturated heterocycles. The van der Waals surface area contributed by atoms with Crippen LogP contribution in [0.4, 0.5) is 13.2 Å². The lowest BCUT2D eigenvalue weighted by Gasteiger charge is -2.15. The van der Waals surface area contributed by atoms with Crippen LogP contribution in [-0.2, 0) is 6.54 Å². The van der Waals surface area contributed by atoms with Crippen LogP contribution in [0.25, 0.3) is 0 Å². The summed E-state index contributed by atoms with van der Waals surface area (Å²) >= 11 is 1.75. The Bertz CT molecular complexity index is 487. The smallest absolute Gasteiger partial charge is 0.405 e. The van der Waals surface area contributed by atoms with Crippen molar-refractivity contribution in [1.29, 1.82) is 0 Å². The lowest BCUT2D eigenvalue weighted by atomic mass is 10.2. The van der Waals surface area contributed by atoms with Crippen molar-refractivity contribution in [3.63, 3.8) is 0 Å². The van der Waals surface area contributed by atoms with E-state index in [2.05, 4.69) is 20.4 Å². The molecular formula is C14H21F3IN3OS. The first-order valence-electron chi connectivity index (χ1n) is 6.73. The minimum absolute atomic E-state index is 0. The molecule has 0 aliphatic heterocycles. The monoisotopic (exact) mass is 463 g/mol. The number of halogens is 4. The van der Waals surface area contributed by atoms with E-state index in [0.29, 0.717) is 11.5 Å². The predicted molar refractivity (Wildman–Crippen MR) is 99.7 cm³/mol. The number of thioether (sulfide) groups is 1. The number of benzene rings is 1. The molecule has 2 N–H and O–H groups in total. The molecule has 1 rings (SSSR count). The number of para-hydroxylation sites is 1. The number of aliphatic imine (C=N–C) groups is 1. The van der Waals surface area contributed by atoms with Gasteiger partial charge in [0.1, 0.15) is 5.75 Å². The van der Waals surface area contributed by atoms with Crippen molar-refractivity contribution in [2.45, 2.75) is 19.3 Å². The molecule has 0 aromatic heterocycles. The van der Waals surface area contributed by atoms with Gasteiger partial charge >= 0.3 is 6.36 Å². The number of nitrogens with zero attached hydrogens (tertiary/aromatic N) is 1. The summed E-state index contributed by atoms with van der Waals surface area (Å²) in [6.07, 6.45) is -1.69. The number of alkyl halides is 3. The molecule has 0 spiro atoms. The standard InChI is InChI=1S/C14H20F3N3OS.HI/c1-18-13(19-8-5-9-22-2)20-10-11-6-3-4-7-12(11)21-14(15,16)17;/h3-4,6-7H,5,8-10H2,1-2H3,(H2,18,19,20);1H. The van der Waals surface area contributed by atoms with Crippen molar-refractivity contribution >= 4 is 41.7 Å². The van der Waals surface area contributed by atoms with Crippen molar-refractivity contribution < 1.29 is 17.9 Å². The Hall–Kier alpha value is -0.840. The predicted octanol–water partition coefficient (Wildman–Crippen LogP) is 3.62. The topological polar surface area (TPSA) is 45.7 Å². The molecule has 0 amide bonds. The van der Waals surface area contributed by atoms with E-state index in [-0.39, 0.29) is 36.3 Å². The van der Waals surface area contributed by atoms with Crippen molar-refractivity contribution in [3.05, 3.63) is 29.8 Å². The van der Waals surface area contributed by atoms with Crippen LogP contribution in [0.2, 0.25) is 0 Å². The lowest BCUT2D eigenvalue weighted by Crippen LogP contribution is -2.37. The van der Waals surface area contributed by atoms with Crippen LogP contribution in [0.3, 0.4) is 0 Å². The van der Waals surface area contributed by atoms with Crippen molar-refractivity contribution in [1.82, 2.24) is 10.6 Å². The number of guanidine groups is 1. The fourth-order valence-corrected chi connectivity index (χ4v) is 2.13. The molecule has 0 unspecified atom stereocenters. The Kier molecular flexibility index (Phi) is 11.2. The molecule has 0 fully saturated rings. The second-order valence-electron chi connectivity index (χ2n) is 4.35. The van der Waals surface area contributed by atoms with Gasteiger partial charge in [-0.3, -0.25) is 4.99 Å². The molecule has 1 aromatic rings. The number of hydrogen-bond donors (Lipinski definition) is 2. The van der Waals surface area contributed by atoms with Crippen LogP contribution < -0.4 is 15.4 Å². The van der Waals surface area contributed by atoms with Gasteiger partial charge in [0.15, 0.2) is 5.96 Å². The maximum Gasteiger partial charge on any atom is 0.573 e. The maximum atomic E-state index is 12.3. The fraction of sp³-hybridized carbons (Fsp3) is 0.500. The highest BCUT2D eigenvalue weighted by atomic mass is 127. The zero-order valence-electron chi connectivity index (χ0n) is 12.9. The van der Waals surface area contributed by atoms with Crippen LogP contribution in [0.15, 0.2) is 29.3 Å². The number of ether oxygens (including phenoxy) is 1. The first-order valence-corrected chi connectivity index (χ1v) is 8.12. The molecule has 0 atom stereocenters. The summed E-state index contributed by atoms with van der Waals surface area (Å²) in [5.74, 6) is 1.37. The average molecular weight is 463 g/mol. The van der Waals surface area contributed by atoms with E-state index in [9.17, 15) is 13.2 Å². The molecular weight excluding hydrogens is 442 g/mol. The first-order chi connectivity index (χ1) is 10.5. The molecule has 0 bridgehead atoms. The van der Waals surface area contributed by atoms with Gasteiger partial charge in [0.05, 0.1) is 0 Å². The minimum atomic E-state index is -4.70. The minimum Gasteiger partial charge on any atom is -0.405 e. The molecule has 0 saturated carbocycles. The van der Waals surface area contributed by atoms with Gasteiger partial charge in [-0.2, -0.15) is 11.8 Å². The Morgan fingerprint density at radius 3 is 2.57 bits per heavy atom. The summed E-state index contributed by atoms with van der Waals surface area (Å²) < 4.78 is 41.0. The SMILES string of the molecule is CN=C(NCCCSC)NCc1ccccc1OC(F)(F)F.I. The van der Waals surface area contributed by atoms with E-state index in [1.54, 1.807) is 30.9 Å². The van der Waals surface area contributed by atoms with Crippen LogP contribution in [0, 0.1) is 0 Å². The van der Waals surface area contributed by atoms with Crippen molar-refractivity contribution in [2.75, 3.05) is 25.6 Å². The van der Waals surface area contributed by atoms with Crippen molar-refractivity contribution in [3.8, 4) is 5.75 Å². The number of rotatable bonds is 7. The van der Waals surface area contributed by atoms with E-state index in [4.69, 9.17) is 0 Å². The van der Waals surface area contributed by atoms with E-state index in [0.717, 1.165) is 18.7 Å². The zero-order valence-corrected chi connectivity index (χ0v) is 16.1. The van der Waals surface area contributed by atoms with Gasteiger partial charge in [0.25, 0.3) is 0 Å². The van der Waals surface area contributed by atoms with Gasteiger partial charge in [0.2, 0.25) is 0 Å². The normalized spacial score (nSPS) is 11.6. The van der Waals surface area contributed by atoms with Gasteiger partial charge in [-0.1, -0.05) is 18.2 Å². The van der Waals surface area contributed by atoms with Gasteiger partial charge in [0, 0.05) is 25.7 Å². The Labute approximate surface area is 155 Å². The molecule has 0 aliphatic rings. The van der Waals surface area contributed by atoms with E-state index in [1.807, 2.05) is 6.26 Å². The third kappa shape index (κ3) is 9.80. The second kappa shape index (κ2) is 11.7. The maximum absolute atomic E-state index is 12.3. The Balaban J connectivity index is 0.00000484. The highest BCUT2D eigenvalue weighted by Gasteiger charge is 2.31. The average Bonchev–Trinajstić information content (AvgIpc) is 2.46. The first kappa shape index (κ1) is 22.2. The van der Waals surface area contributed by atoms with Crippen LogP contribution in [0.1, 0.15) is 12.0 Å². The Morgan fingerprint density at radius 1 is 1.26 bits per heavy atom. The molecule has 0 aliphatic carbocycles. The van der Waals surface area contributed by atoms with Gasteiger partial charge in [-0.05, 0) is 24.5 Å². The van der Waals surface area contributed by atoms with E-state index in [1.165, 1.54) is 12.1 Å². The van der Waals surface area contributed by atoms with Crippen LogP contribution >= 0.6 is 35.7 Å². The number of nitrogens with one attached hydrogen (secondary N) is 2.